The molecule has 0 saturated heterocycles. The van der Waals surface area contributed by atoms with Gasteiger partial charge in [-0.05, 0) is 23.1 Å². The number of benzene rings is 2. The molecule has 2 N–H and O–H groups in total. The molecule has 2 rings (SSSR count). The molecule has 104 valence electrons. The van der Waals surface area contributed by atoms with Crippen LogP contribution in [0.2, 0.25) is 0 Å². The SMILES string of the molecule is CCCN=C(N)SCc1ccc(-c2ccccc2)cc1. The summed E-state index contributed by atoms with van der Waals surface area (Å²) < 4.78 is 0. The van der Waals surface area contributed by atoms with Crippen LogP contribution in [0.25, 0.3) is 11.1 Å². The Labute approximate surface area is 125 Å². The highest BCUT2D eigenvalue weighted by molar-refractivity contribution is 8.13. The minimum Gasteiger partial charge on any atom is -0.379 e. The molecular formula is C17H20N2S. The van der Waals surface area contributed by atoms with Gasteiger partial charge in [-0.3, -0.25) is 4.99 Å². The van der Waals surface area contributed by atoms with Crippen LogP contribution >= 0.6 is 11.8 Å². The zero-order valence-corrected chi connectivity index (χ0v) is 12.6. The predicted molar refractivity (Wildman–Crippen MR) is 90.0 cm³/mol. The van der Waals surface area contributed by atoms with E-state index in [1.54, 1.807) is 11.8 Å². The molecular weight excluding hydrogens is 264 g/mol. The maximum atomic E-state index is 5.84. The smallest absolute Gasteiger partial charge is 0.154 e. The summed E-state index contributed by atoms with van der Waals surface area (Å²) in [7, 11) is 0. The molecule has 0 fully saturated rings. The summed E-state index contributed by atoms with van der Waals surface area (Å²) in [6.45, 7) is 2.91. The second-order valence-electron chi connectivity index (χ2n) is 4.57. The van der Waals surface area contributed by atoms with Crippen molar-refractivity contribution in [2.24, 2.45) is 10.7 Å². The van der Waals surface area contributed by atoms with E-state index in [0.717, 1.165) is 18.7 Å². The van der Waals surface area contributed by atoms with E-state index >= 15 is 0 Å². The van der Waals surface area contributed by atoms with Crippen LogP contribution in [0.1, 0.15) is 18.9 Å². The van der Waals surface area contributed by atoms with Gasteiger partial charge >= 0.3 is 0 Å². The van der Waals surface area contributed by atoms with Gasteiger partial charge in [-0.25, -0.2) is 0 Å². The molecule has 0 aliphatic carbocycles. The normalized spacial score (nSPS) is 11.6. The minimum absolute atomic E-state index is 0.680. The number of thioether (sulfide) groups is 1. The van der Waals surface area contributed by atoms with E-state index in [2.05, 4.69) is 60.4 Å². The summed E-state index contributed by atoms with van der Waals surface area (Å²) in [4.78, 5) is 4.28. The second-order valence-corrected chi connectivity index (χ2v) is 5.57. The minimum atomic E-state index is 0.680. The van der Waals surface area contributed by atoms with Crippen LogP contribution in [0.4, 0.5) is 0 Å². The van der Waals surface area contributed by atoms with E-state index in [4.69, 9.17) is 5.73 Å². The van der Waals surface area contributed by atoms with Crippen LogP contribution in [-0.2, 0) is 5.75 Å². The van der Waals surface area contributed by atoms with Gasteiger partial charge in [0.05, 0.1) is 0 Å². The molecule has 2 aromatic carbocycles. The van der Waals surface area contributed by atoms with Gasteiger partial charge in [-0.2, -0.15) is 0 Å². The number of nitrogens with zero attached hydrogens (tertiary/aromatic N) is 1. The lowest BCUT2D eigenvalue weighted by Crippen LogP contribution is -2.07. The molecule has 0 aromatic heterocycles. The first-order valence-electron chi connectivity index (χ1n) is 6.86. The van der Waals surface area contributed by atoms with Gasteiger partial charge < -0.3 is 5.73 Å². The third-order valence-electron chi connectivity index (χ3n) is 2.94. The van der Waals surface area contributed by atoms with Crippen molar-refractivity contribution in [1.82, 2.24) is 0 Å². The Morgan fingerprint density at radius 1 is 1.00 bits per heavy atom. The molecule has 0 bridgehead atoms. The van der Waals surface area contributed by atoms with Crippen molar-refractivity contribution < 1.29 is 0 Å². The van der Waals surface area contributed by atoms with E-state index < -0.39 is 0 Å². The van der Waals surface area contributed by atoms with Crippen molar-refractivity contribution in [3.63, 3.8) is 0 Å². The molecule has 0 spiro atoms. The molecule has 20 heavy (non-hydrogen) atoms. The second kappa shape index (κ2) is 7.75. The lowest BCUT2D eigenvalue weighted by atomic mass is 10.0. The van der Waals surface area contributed by atoms with E-state index in [0.29, 0.717) is 5.17 Å². The highest BCUT2D eigenvalue weighted by Crippen LogP contribution is 2.21. The van der Waals surface area contributed by atoms with Crippen LogP contribution in [-0.4, -0.2) is 11.7 Å². The quantitative estimate of drug-likeness (QED) is 0.656. The van der Waals surface area contributed by atoms with Crippen LogP contribution in [0.3, 0.4) is 0 Å². The number of amidine groups is 1. The predicted octanol–water partition coefficient (Wildman–Crippen LogP) is 4.31. The summed E-state index contributed by atoms with van der Waals surface area (Å²) in [5.74, 6) is 0.869. The van der Waals surface area contributed by atoms with Crippen molar-refractivity contribution in [2.45, 2.75) is 19.1 Å². The van der Waals surface area contributed by atoms with Gasteiger partial charge in [0.25, 0.3) is 0 Å². The Kier molecular flexibility index (Phi) is 5.69. The molecule has 0 atom stereocenters. The summed E-state index contributed by atoms with van der Waals surface area (Å²) in [5, 5.41) is 0.680. The summed E-state index contributed by atoms with van der Waals surface area (Å²) in [6, 6.07) is 19.0. The van der Waals surface area contributed by atoms with Crippen LogP contribution in [0, 0.1) is 0 Å². The van der Waals surface area contributed by atoms with Crippen LogP contribution in [0.15, 0.2) is 59.6 Å². The largest absolute Gasteiger partial charge is 0.379 e. The van der Waals surface area contributed by atoms with E-state index in [1.165, 1.54) is 16.7 Å². The summed E-state index contributed by atoms with van der Waals surface area (Å²) in [5.41, 5.74) is 9.60. The fourth-order valence-corrected chi connectivity index (χ4v) is 2.54. The van der Waals surface area contributed by atoms with Gasteiger partial charge in [0.1, 0.15) is 0 Å². The Hall–Kier alpha value is -1.74. The molecule has 3 heteroatoms. The third-order valence-corrected chi connectivity index (χ3v) is 3.84. The van der Waals surface area contributed by atoms with Crippen molar-refractivity contribution in [2.75, 3.05) is 6.54 Å². The van der Waals surface area contributed by atoms with Gasteiger partial charge in [0, 0.05) is 12.3 Å². The lowest BCUT2D eigenvalue weighted by Gasteiger charge is -2.04. The van der Waals surface area contributed by atoms with Gasteiger partial charge in [-0.15, -0.1) is 0 Å². The topological polar surface area (TPSA) is 38.4 Å². The number of hydrogen-bond donors (Lipinski definition) is 1. The van der Waals surface area contributed by atoms with E-state index in [-0.39, 0.29) is 0 Å². The number of nitrogens with two attached hydrogens (primary N) is 1. The molecule has 0 aliphatic rings. The van der Waals surface area contributed by atoms with Gasteiger partial charge in [0.2, 0.25) is 0 Å². The average molecular weight is 284 g/mol. The monoisotopic (exact) mass is 284 g/mol. The average Bonchev–Trinajstić information content (AvgIpc) is 2.52. The number of hydrogen-bond acceptors (Lipinski definition) is 2. The molecule has 0 unspecified atom stereocenters. The maximum Gasteiger partial charge on any atom is 0.154 e. The molecule has 0 saturated carbocycles. The van der Waals surface area contributed by atoms with E-state index in [1.807, 2.05) is 6.07 Å². The van der Waals surface area contributed by atoms with Crippen LogP contribution in [0.5, 0.6) is 0 Å². The van der Waals surface area contributed by atoms with E-state index in [9.17, 15) is 0 Å². The highest BCUT2D eigenvalue weighted by atomic mass is 32.2. The molecule has 0 aliphatic heterocycles. The van der Waals surface area contributed by atoms with Crippen molar-refractivity contribution in [3.05, 3.63) is 60.2 Å². The number of aliphatic imine (C=N–C) groups is 1. The third kappa shape index (κ3) is 4.42. The van der Waals surface area contributed by atoms with Crippen molar-refractivity contribution >= 4 is 16.9 Å². The fraction of sp³-hybridized carbons (Fsp3) is 0.235. The zero-order valence-electron chi connectivity index (χ0n) is 11.8. The summed E-state index contributed by atoms with van der Waals surface area (Å²) >= 11 is 1.60. The summed E-state index contributed by atoms with van der Waals surface area (Å²) in [6.07, 6.45) is 1.03. The molecule has 0 radical (unpaired) electrons. The Balaban J connectivity index is 1.95. The molecule has 2 aromatic rings. The first kappa shape index (κ1) is 14.7. The Morgan fingerprint density at radius 2 is 1.65 bits per heavy atom. The lowest BCUT2D eigenvalue weighted by molar-refractivity contribution is 0.934. The molecule has 2 nitrogen and oxygen atoms in total. The van der Waals surface area contributed by atoms with Crippen molar-refractivity contribution in [1.29, 1.82) is 0 Å². The first-order chi connectivity index (χ1) is 9.79. The van der Waals surface area contributed by atoms with Gasteiger partial charge in [0.15, 0.2) is 5.17 Å². The van der Waals surface area contributed by atoms with Crippen LogP contribution < -0.4 is 5.73 Å². The maximum absolute atomic E-state index is 5.84. The van der Waals surface area contributed by atoms with Gasteiger partial charge in [-0.1, -0.05) is 73.3 Å². The molecule has 0 heterocycles. The first-order valence-corrected chi connectivity index (χ1v) is 7.85. The van der Waals surface area contributed by atoms with Crippen molar-refractivity contribution in [3.8, 4) is 11.1 Å². The molecule has 0 amide bonds. The zero-order chi connectivity index (χ0) is 14.2. The standard InChI is InChI=1S/C17H20N2S/c1-2-12-19-17(18)20-13-14-8-10-16(11-9-14)15-6-4-3-5-7-15/h3-11H,2,12-13H2,1H3,(H2,18,19). The Morgan fingerprint density at radius 3 is 2.30 bits per heavy atom. The fourth-order valence-electron chi connectivity index (χ4n) is 1.85. The highest BCUT2D eigenvalue weighted by Gasteiger charge is 1.99. The number of rotatable bonds is 5. The Bertz CT molecular complexity index is 547.